The number of hydrogen-bond acceptors (Lipinski definition) is 3. The second-order valence-electron chi connectivity index (χ2n) is 4.83. The Kier molecular flexibility index (Phi) is 3.11. The van der Waals surface area contributed by atoms with E-state index in [1.807, 2.05) is 0 Å². The van der Waals surface area contributed by atoms with Crippen molar-refractivity contribution in [1.82, 2.24) is 10.7 Å². The third kappa shape index (κ3) is 2.29. The second-order valence-corrected chi connectivity index (χ2v) is 4.83. The van der Waals surface area contributed by atoms with E-state index in [9.17, 15) is 4.79 Å². The van der Waals surface area contributed by atoms with E-state index in [0.29, 0.717) is 6.42 Å². The lowest BCUT2D eigenvalue weighted by molar-refractivity contribution is -0.121. The van der Waals surface area contributed by atoms with Crippen molar-refractivity contribution in [3.63, 3.8) is 0 Å². The summed E-state index contributed by atoms with van der Waals surface area (Å²) in [5, 5.41) is 7.57. The molecule has 0 aromatic heterocycles. The summed E-state index contributed by atoms with van der Waals surface area (Å²) in [6.07, 6.45) is 3.45. The maximum absolute atomic E-state index is 11.1. The van der Waals surface area contributed by atoms with Crippen molar-refractivity contribution < 1.29 is 4.79 Å². The summed E-state index contributed by atoms with van der Waals surface area (Å²) in [6, 6.07) is 6.57. The van der Waals surface area contributed by atoms with Gasteiger partial charge in [0.15, 0.2) is 0 Å². The molecule has 3 rings (SSSR count). The van der Waals surface area contributed by atoms with E-state index in [0.717, 1.165) is 43.6 Å². The zero-order chi connectivity index (χ0) is 12.4. The van der Waals surface area contributed by atoms with Gasteiger partial charge in [-0.05, 0) is 48.7 Å². The predicted octanol–water partition coefficient (Wildman–Crippen LogP) is 0.989. The Hall–Kier alpha value is -1.68. The molecule has 2 aliphatic heterocycles. The fourth-order valence-electron chi connectivity index (χ4n) is 2.54. The van der Waals surface area contributed by atoms with Crippen LogP contribution in [-0.2, 0) is 17.6 Å². The molecule has 0 fully saturated rings. The molecule has 4 nitrogen and oxygen atoms in total. The Morgan fingerprint density at radius 3 is 2.61 bits per heavy atom. The number of hydrogen-bond donors (Lipinski definition) is 2. The molecule has 2 heterocycles. The third-order valence-corrected chi connectivity index (χ3v) is 3.59. The highest BCUT2D eigenvalue weighted by Crippen LogP contribution is 2.18. The lowest BCUT2D eigenvalue weighted by atomic mass is 9.96. The number of carbonyl (C=O) groups is 1. The van der Waals surface area contributed by atoms with Crippen molar-refractivity contribution in [3.8, 4) is 0 Å². The van der Waals surface area contributed by atoms with Gasteiger partial charge < -0.3 is 5.32 Å². The predicted molar refractivity (Wildman–Crippen MR) is 70.6 cm³/mol. The lowest BCUT2D eigenvalue weighted by Gasteiger charge is -2.14. The third-order valence-electron chi connectivity index (χ3n) is 3.59. The number of rotatable bonds is 1. The van der Waals surface area contributed by atoms with Crippen LogP contribution < -0.4 is 10.7 Å². The molecule has 2 aliphatic rings. The van der Waals surface area contributed by atoms with Crippen molar-refractivity contribution in [2.45, 2.75) is 25.7 Å². The van der Waals surface area contributed by atoms with Gasteiger partial charge in [0.1, 0.15) is 0 Å². The van der Waals surface area contributed by atoms with E-state index in [1.54, 1.807) is 0 Å². The number of nitrogens with one attached hydrogen (secondary N) is 2. The minimum Gasteiger partial charge on any atom is -0.316 e. The number of fused-ring (bicyclic) bond motifs is 1. The average molecular weight is 243 g/mol. The van der Waals surface area contributed by atoms with Crippen molar-refractivity contribution in [3.05, 3.63) is 34.9 Å². The van der Waals surface area contributed by atoms with Crippen LogP contribution in [0.1, 0.15) is 29.5 Å². The molecule has 4 heteroatoms. The highest BCUT2D eigenvalue weighted by molar-refractivity contribution is 6.04. The molecule has 1 aromatic rings. The highest BCUT2D eigenvalue weighted by Gasteiger charge is 2.15. The fourth-order valence-corrected chi connectivity index (χ4v) is 2.54. The highest BCUT2D eigenvalue weighted by atomic mass is 16.2. The van der Waals surface area contributed by atoms with Crippen LogP contribution in [0.2, 0.25) is 0 Å². The molecule has 0 saturated carbocycles. The number of hydrazone groups is 1. The van der Waals surface area contributed by atoms with Gasteiger partial charge in [-0.15, -0.1) is 0 Å². The van der Waals surface area contributed by atoms with E-state index in [2.05, 4.69) is 34.0 Å². The normalized spacial score (nSPS) is 19.6. The summed E-state index contributed by atoms with van der Waals surface area (Å²) < 4.78 is 0. The molecule has 0 radical (unpaired) electrons. The Morgan fingerprint density at radius 2 is 1.83 bits per heavy atom. The molecule has 18 heavy (non-hydrogen) atoms. The lowest BCUT2D eigenvalue weighted by Crippen LogP contribution is -2.26. The standard InChI is InChI=1S/C14H17N3O/c18-14-4-3-13(16-17-14)12-2-1-10-5-7-15-8-6-11(10)9-12/h1-2,9,15H,3-8H2,(H,17,18). The van der Waals surface area contributed by atoms with Crippen molar-refractivity contribution >= 4 is 11.6 Å². The molecule has 0 bridgehead atoms. The molecule has 1 amide bonds. The summed E-state index contributed by atoms with van der Waals surface area (Å²) in [5.74, 6) is 0.0118. The molecular formula is C14H17N3O. The van der Waals surface area contributed by atoms with Gasteiger partial charge in [0.05, 0.1) is 5.71 Å². The van der Waals surface area contributed by atoms with Gasteiger partial charge >= 0.3 is 0 Å². The van der Waals surface area contributed by atoms with E-state index < -0.39 is 0 Å². The Balaban J connectivity index is 1.89. The maximum atomic E-state index is 11.1. The van der Waals surface area contributed by atoms with E-state index in [-0.39, 0.29) is 5.91 Å². The smallest absolute Gasteiger partial charge is 0.240 e. The van der Waals surface area contributed by atoms with Crippen LogP contribution in [0, 0.1) is 0 Å². The summed E-state index contributed by atoms with van der Waals surface area (Å²) in [7, 11) is 0. The Morgan fingerprint density at radius 1 is 1.00 bits per heavy atom. The zero-order valence-electron chi connectivity index (χ0n) is 10.3. The van der Waals surface area contributed by atoms with Crippen LogP contribution in [-0.4, -0.2) is 24.7 Å². The minimum absolute atomic E-state index is 0.0118. The maximum Gasteiger partial charge on any atom is 0.240 e. The van der Waals surface area contributed by atoms with Crippen molar-refractivity contribution in [1.29, 1.82) is 0 Å². The van der Waals surface area contributed by atoms with Gasteiger partial charge in [-0.1, -0.05) is 12.1 Å². The summed E-state index contributed by atoms with van der Waals surface area (Å²) >= 11 is 0. The van der Waals surface area contributed by atoms with E-state index in [1.165, 1.54) is 11.1 Å². The summed E-state index contributed by atoms with van der Waals surface area (Å²) in [6.45, 7) is 2.10. The minimum atomic E-state index is 0.0118. The van der Waals surface area contributed by atoms with Gasteiger partial charge in [-0.2, -0.15) is 5.10 Å². The molecule has 0 spiro atoms. The molecule has 0 unspecified atom stereocenters. The first-order valence-electron chi connectivity index (χ1n) is 6.51. The first-order valence-corrected chi connectivity index (χ1v) is 6.51. The Labute approximate surface area is 106 Å². The fraction of sp³-hybridized carbons (Fsp3) is 0.429. The molecule has 2 N–H and O–H groups in total. The summed E-state index contributed by atoms with van der Waals surface area (Å²) in [4.78, 5) is 11.1. The van der Waals surface area contributed by atoms with Crippen LogP contribution >= 0.6 is 0 Å². The van der Waals surface area contributed by atoms with Crippen LogP contribution in [0.5, 0.6) is 0 Å². The van der Waals surface area contributed by atoms with Gasteiger partial charge in [0.2, 0.25) is 5.91 Å². The van der Waals surface area contributed by atoms with Crippen LogP contribution in [0.15, 0.2) is 23.3 Å². The first-order chi connectivity index (χ1) is 8.83. The van der Waals surface area contributed by atoms with Crippen LogP contribution in [0.4, 0.5) is 0 Å². The van der Waals surface area contributed by atoms with Crippen LogP contribution in [0.3, 0.4) is 0 Å². The van der Waals surface area contributed by atoms with Gasteiger partial charge in [-0.25, -0.2) is 5.43 Å². The van der Waals surface area contributed by atoms with Crippen molar-refractivity contribution in [2.24, 2.45) is 5.10 Å². The van der Waals surface area contributed by atoms with Crippen molar-refractivity contribution in [2.75, 3.05) is 13.1 Å². The van der Waals surface area contributed by atoms with E-state index >= 15 is 0 Å². The monoisotopic (exact) mass is 243 g/mol. The number of carbonyl (C=O) groups excluding carboxylic acids is 1. The number of nitrogens with zero attached hydrogens (tertiary/aromatic N) is 1. The quantitative estimate of drug-likeness (QED) is 0.773. The van der Waals surface area contributed by atoms with E-state index in [4.69, 9.17) is 0 Å². The molecule has 0 saturated heterocycles. The number of amides is 1. The largest absolute Gasteiger partial charge is 0.316 e. The molecule has 0 aliphatic carbocycles. The average Bonchev–Trinajstić information content (AvgIpc) is 2.64. The Bertz CT molecular complexity index is 508. The molecule has 0 atom stereocenters. The van der Waals surface area contributed by atoms with Gasteiger partial charge in [0, 0.05) is 12.8 Å². The zero-order valence-corrected chi connectivity index (χ0v) is 10.3. The van der Waals surface area contributed by atoms with Crippen LogP contribution in [0.25, 0.3) is 0 Å². The topological polar surface area (TPSA) is 53.5 Å². The summed E-state index contributed by atoms with van der Waals surface area (Å²) in [5.41, 5.74) is 7.55. The first kappa shape index (κ1) is 11.4. The van der Waals surface area contributed by atoms with Gasteiger partial charge in [-0.3, -0.25) is 4.79 Å². The molecule has 94 valence electrons. The number of benzene rings is 1. The SMILES string of the molecule is O=C1CCC(c2ccc3c(c2)CCNCC3)=NN1. The molecule has 1 aromatic carbocycles. The second kappa shape index (κ2) is 4.90. The van der Waals surface area contributed by atoms with Gasteiger partial charge in [0.25, 0.3) is 0 Å². The molecular weight excluding hydrogens is 226 g/mol.